The molecule has 2 bridgehead atoms. The summed E-state index contributed by atoms with van der Waals surface area (Å²) in [5.41, 5.74) is -0.192. The molecule has 3 fully saturated rings. The molecular weight excluding hydrogens is 695 g/mol. The molecule has 5 aliphatic rings. The SMILES string of the molecule is C=C[C@@H]1C[C@@]12NC(=O)[C@@H]1C[C@@H](OC(=O)N3Cc4cccc(F)c4C3)CN1C(=O)CN1CCOC(CCCCNc3ccccc3S(=O)(=O)NC2=O)C1. The average molecular weight is 739 g/mol. The standard InChI is InChI=1S/C36H43FN6O8S/c1-2-24-17-36(24)34(46)40-52(48,49)31-12-4-3-11-29(31)38-13-6-5-9-25-19-41(14-15-50-25)22-32(44)43-20-26(16-30(43)33(45)39-36)51-35(47)42-18-23-8-7-10-28(37)27(23)21-42/h2-4,7-8,10-12,24-26,30,38H,1,5-6,9,13-22H2,(H,39,45)(H,40,46)/t24-,25?,26-,30+,36-/m1/s1. The van der Waals surface area contributed by atoms with Crippen molar-refractivity contribution in [1.29, 1.82) is 0 Å². The van der Waals surface area contributed by atoms with E-state index in [2.05, 4.69) is 21.9 Å². The second-order valence-electron chi connectivity index (χ2n) is 14.1. The van der Waals surface area contributed by atoms with Gasteiger partial charge in [-0.15, -0.1) is 6.58 Å². The van der Waals surface area contributed by atoms with Crippen molar-refractivity contribution in [2.45, 2.75) is 73.9 Å². The number of morpholine rings is 1. The number of benzene rings is 2. The van der Waals surface area contributed by atoms with E-state index in [0.717, 1.165) is 19.3 Å². The van der Waals surface area contributed by atoms with Gasteiger partial charge in [-0.3, -0.25) is 24.2 Å². The lowest BCUT2D eigenvalue weighted by Gasteiger charge is -2.34. The summed E-state index contributed by atoms with van der Waals surface area (Å²) < 4.78 is 55.6. The number of para-hydroxylation sites is 1. The third-order valence-electron chi connectivity index (χ3n) is 10.6. The first kappa shape index (κ1) is 35.8. The third-order valence-corrected chi connectivity index (χ3v) is 12.0. The highest BCUT2D eigenvalue weighted by Crippen LogP contribution is 2.45. The van der Waals surface area contributed by atoms with Crippen molar-refractivity contribution in [3.63, 3.8) is 0 Å². The van der Waals surface area contributed by atoms with Gasteiger partial charge in [-0.1, -0.05) is 30.3 Å². The summed E-state index contributed by atoms with van der Waals surface area (Å²) >= 11 is 0. The first-order valence-corrected chi connectivity index (χ1v) is 19.2. The highest BCUT2D eigenvalue weighted by Gasteiger charge is 2.61. The predicted octanol–water partition coefficient (Wildman–Crippen LogP) is 2.11. The van der Waals surface area contributed by atoms with Gasteiger partial charge in [-0.25, -0.2) is 22.3 Å². The number of fused-ring (bicyclic) bond motifs is 5. The molecule has 4 amide bonds. The minimum Gasteiger partial charge on any atom is -0.444 e. The summed E-state index contributed by atoms with van der Waals surface area (Å²) in [6.45, 7) is 5.85. The summed E-state index contributed by atoms with van der Waals surface area (Å²) in [6.07, 6.45) is 2.08. The fraction of sp³-hybridized carbons (Fsp3) is 0.500. The lowest BCUT2D eigenvalue weighted by atomic mass is 10.1. The Hall–Kier alpha value is -4.54. The average Bonchev–Trinajstić information content (AvgIpc) is 3.41. The zero-order valence-electron chi connectivity index (χ0n) is 28.7. The van der Waals surface area contributed by atoms with Crippen LogP contribution < -0.4 is 15.4 Å². The summed E-state index contributed by atoms with van der Waals surface area (Å²) in [5, 5.41) is 5.94. The van der Waals surface area contributed by atoms with Crippen LogP contribution in [0.4, 0.5) is 14.9 Å². The molecule has 6 atom stereocenters. The van der Waals surface area contributed by atoms with Gasteiger partial charge in [0, 0.05) is 44.1 Å². The first-order chi connectivity index (χ1) is 25.0. The number of carbonyl (C=O) groups excluding carboxylic acids is 4. The number of rotatable bonds is 2. The number of nitrogens with one attached hydrogen (secondary N) is 3. The monoisotopic (exact) mass is 738 g/mol. The normalized spacial score (nSPS) is 30.6. The van der Waals surface area contributed by atoms with Gasteiger partial charge in [0.05, 0.1) is 38.0 Å². The number of sulfonamides is 1. The third kappa shape index (κ3) is 7.23. The van der Waals surface area contributed by atoms with Gasteiger partial charge in [0.25, 0.3) is 15.9 Å². The molecule has 14 nitrogen and oxygen atoms in total. The molecule has 2 aromatic carbocycles. The van der Waals surface area contributed by atoms with E-state index >= 15 is 0 Å². The van der Waals surface area contributed by atoms with E-state index < -0.39 is 57.4 Å². The van der Waals surface area contributed by atoms with E-state index in [1.807, 2.05) is 4.90 Å². The van der Waals surface area contributed by atoms with E-state index in [0.29, 0.717) is 43.1 Å². The van der Waals surface area contributed by atoms with Crippen molar-refractivity contribution in [2.75, 3.05) is 44.6 Å². The molecule has 0 aromatic heterocycles. The van der Waals surface area contributed by atoms with Crippen LogP contribution in [0.1, 0.15) is 43.2 Å². The van der Waals surface area contributed by atoms with E-state index in [1.165, 1.54) is 28.0 Å². The maximum atomic E-state index is 14.4. The molecular formula is C36H43FN6O8S. The number of amides is 4. The largest absolute Gasteiger partial charge is 0.444 e. The molecule has 52 heavy (non-hydrogen) atoms. The second-order valence-corrected chi connectivity index (χ2v) is 15.8. The number of nitrogens with zero attached hydrogens (tertiary/aromatic N) is 3. The number of hydrogen-bond donors (Lipinski definition) is 3. The Balaban J connectivity index is 1.14. The quantitative estimate of drug-likeness (QED) is 0.389. The molecule has 4 heterocycles. The van der Waals surface area contributed by atoms with Crippen LogP contribution in [0, 0.1) is 11.7 Å². The molecule has 1 saturated carbocycles. The van der Waals surface area contributed by atoms with Gasteiger partial charge < -0.3 is 25.0 Å². The van der Waals surface area contributed by atoms with Crippen molar-refractivity contribution in [2.24, 2.45) is 5.92 Å². The van der Waals surface area contributed by atoms with Gasteiger partial charge in [-0.05, 0) is 49.4 Å². The zero-order chi connectivity index (χ0) is 36.6. The fourth-order valence-electron chi connectivity index (χ4n) is 7.69. The summed E-state index contributed by atoms with van der Waals surface area (Å²) in [7, 11) is -4.37. The fourth-order valence-corrected chi connectivity index (χ4v) is 8.91. The van der Waals surface area contributed by atoms with Crippen LogP contribution in [0.2, 0.25) is 0 Å². The zero-order valence-corrected chi connectivity index (χ0v) is 29.5. The molecule has 2 unspecified atom stereocenters. The number of carbonyl (C=O) groups is 4. The lowest BCUT2D eigenvalue weighted by Crippen LogP contribution is -2.57. The van der Waals surface area contributed by atoms with E-state index in [-0.39, 0.29) is 55.9 Å². The Morgan fingerprint density at radius 2 is 1.88 bits per heavy atom. The Morgan fingerprint density at radius 3 is 2.67 bits per heavy atom. The van der Waals surface area contributed by atoms with Crippen molar-refractivity contribution >= 4 is 39.5 Å². The Morgan fingerprint density at radius 1 is 1.06 bits per heavy atom. The number of anilines is 1. The van der Waals surface area contributed by atoms with Crippen LogP contribution in [-0.2, 0) is 47.0 Å². The topological polar surface area (TPSA) is 167 Å². The van der Waals surface area contributed by atoms with E-state index in [9.17, 15) is 32.0 Å². The van der Waals surface area contributed by atoms with Crippen LogP contribution in [0.3, 0.4) is 0 Å². The summed E-state index contributed by atoms with van der Waals surface area (Å²) in [4.78, 5) is 59.8. The maximum absolute atomic E-state index is 14.4. The number of hydrogen-bond acceptors (Lipinski definition) is 10. The number of ether oxygens (including phenoxy) is 2. The van der Waals surface area contributed by atoms with Gasteiger partial charge >= 0.3 is 6.09 Å². The molecule has 0 radical (unpaired) electrons. The van der Waals surface area contributed by atoms with Gasteiger partial charge in [-0.2, -0.15) is 0 Å². The van der Waals surface area contributed by atoms with Crippen LogP contribution in [-0.4, -0.2) is 110 Å². The van der Waals surface area contributed by atoms with Crippen molar-refractivity contribution in [3.05, 3.63) is 72.1 Å². The molecule has 278 valence electrons. The van der Waals surface area contributed by atoms with Crippen molar-refractivity contribution < 1.29 is 41.5 Å². The molecule has 2 saturated heterocycles. The first-order valence-electron chi connectivity index (χ1n) is 17.7. The molecule has 16 heteroatoms. The molecule has 2 aromatic rings. The van der Waals surface area contributed by atoms with Crippen LogP contribution in [0.25, 0.3) is 0 Å². The lowest BCUT2D eigenvalue weighted by molar-refractivity contribution is -0.141. The summed E-state index contributed by atoms with van der Waals surface area (Å²) in [5.74, 6) is -2.95. The van der Waals surface area contributed by atoms with Crippen molar-refractivity contribution in [3.8, 4) is 0 Å². The smallest absolute Gasteiger partial charge is 0.410 e. The summed E-state index contributed by atoms with van der Waals surface area (Å²) in [6, 6.07) is 9.82. The van der Waals surface area contributed by atoms with Crippen LogP contribution in [0.15, 0.2) is 60.0 Å². The molecule has 1 aliphatic carbocycles. The van der Waals surface area contributed by atoms with Crippen LogP contribution >= 0.6 is 0 Å². The Labute approximate surface area is 301 Å². The van der Waals surface area contributed by atoms with E-state index in [1.54, 1.807) is 30.3 Å². The molecule has 4 aliphatic heterocycles. The molecule has 7 rings (SSSR count). The highest BCUT2D eigenvalue weighted by molar-refractivity contribution is 7.90. The predicted molar refractivity (Wildman–Crippen MR) is 186 cm³/mol. The minimum atomic E-state index is -4.37. The Kier molecular flexibility index (Phi) is 9.97. The minimum absolute atomic E-state index is 0.00249. The maximum Gasteiger partial charge on any atom is 0.410 e. The number of halogens is 1. The van der Waals surface area contributed by atoms with Gasteiger partial charge in [0.15, 0.2) is 0 Å². The highest BCUT2D eigenvalue weighted by atomic mass is 32.2. The molecule has 3 N–H and O–H groups in total. The Bertz CT molecular complexity index is 1880. The van der Waals surface area contributed by atoms with E-state index in [4.69, 9.17) is 9.47 Å². The van der Waals surface area contributed by atoms with Gasteiger partial charge in [0.1, 0.15) is 28.4 Å². The van der Waals surface area contributed by atoms with Gasteiger partial charge in [0.2, 0.25) is 11.8 Å². The second kappa shape index (κ2) is 14.5. The molecule has 1 spiro atoms. The van der Waals surface area contributed by atoms with Crippen LogP contribution in [0.5, 0.6) is 0 Å². The van der Waals surface area contributed by atoms with Crippen molar-refractivity contribution in [1.82, 2.24) is 24.7 Å².